The Morgan fingerprint density at radius 1 is 1.15 bits per heavy atom. The Labute approximate surface area is 149 Å². The molecule has 0 bridgehead atoms. The summed E-state index contributed by atoms with van der Waals surface area (Å²) in [6.45, 7) is 0.892. The molecule has 2 heterocycles. The minimum Gasteiger partial charge on any atom is -0.355 e. The lowest BCUT2D eigenvalue weighted by molar-refractivity contribution is -0.137. The molecule has 0 saturated carbocycles. The topological polar surface area (TPSA) is 62.3 Å². The number of halogens is 3. The van der Waals surface area contributed by atoms with Crippen LogP contribution in [0, 0.1) is 0 Å². The van der Waals surface area contributed by atoms with Gasteiger partial charge in [-0.3, -0.25) is 0 Å². The van der Waals surface area contributed by atoms with Gasteiger partial charge >= 0.3 is 6.18 Å². The van der Waals surface area contributed by atoms with Gasteiger partial charge in [-0.15, -0.1) is 0 Å². The second kappa shape index (κ2) is 7.24. The van der Waals surface area contributed by atoms with Gasteiger partial charge in [0.15, 0.2) is 0 Å². The van der Waals surface area contributed by atoms with E-state index >= 15 is 0 Å². The van der Waals surface area contributed by atoms with Crippen LogP contribution in [0.15, 0.2) is 48.7 Å². The van der Waals surface area contributed by atoms with Gasteiger partial charge in [-0.05, 0) is 24.1 Å². The summed E-state index contributed by atoms with van der Waals surface area (Å²) in [5.41, 5.74) is -0.111. The summed E-state index contributed by atoms with van der Waals surface area (Å²) in [5.74, 6) is 0.297. The maximum Gasteiger partial charge on any atom is 0.417 e. The first-order chi connectivity index (χ1) is 12.2. The van der Waals surface area contributed by atoms with Crippen molar-refractivity contribution in [1.29, 1.82) is 0 Å². The summed E-state index contributed by atoms with van der Waals surface area (Å²) in [6.07, 6.45) is -3.06. The first kappa shape index (κ1) is 18.7. The number of anilines is 1. The molecule has 9 heteroatoms. The zero-order valence-electron chi connectivity index (χ0n) is 13.8. The van der Waals surface area contributed by atoms with Crippen molar-refractivity contribution in [3.05, 3.63) is 59.8 Å². The minimum absolute atomic E-state index is 0.108. The fraction of sp³-hybridized carbons (Fsp3) is 0.353. The second-order valence-corrected chi connectivity index (χ2v) is 7.95. The molecule has 1 N–H and O–H groups in total. The molecule has 1 unspecified atom stereocenters. The predicted octanol–water partition coefficient (Wildman–Crippen LogP) is 2.80. The number of hydrogen-bond acceptors (Lipinski definition) is 4. The van der Waals surface area contributed by atoms with Crippen LogP contribution in [0.4, 0.5) is 19.0 Å². The van der Waals surface area contributed by atoms with Gasteiger partial charge in [-0.2, -0.15) is 13.2 Å². The van der Waals surface area contributed by atoms with Crippen LogP contribution in [-0.4, -0.2) is 32.5 Å². The standard InChI is InChI=1S/C17H18F3N3O2S/c18-17(19,20)14-6-7-16(21-10-14)23-9-8-15(11-23)22-26(24,25)12-13-4-2-1-3-5-13/h1-7,10,15,22H,8-9,11-12H2. The van der Waals surface area contributed by atoms with E-state index in [-0.39, 0.29) is 11.8 Å². The lowest BCUT2D eigenvalue weighted by atomic mass is 10.2. The molecule has 1 fully saturated rings. The summed E-state index contributed by atoms with van der Waals surface area (Å²) >= 11 is 0. The number of pyridine rings is 1. The first-order valence-corrected chi connectivity index (χ1v) is 9.70. The van der Waals surface area contributed by atoms with Gasteiger partial charge in [0.2, 0.25) is 10.0 Å². The Morgan fingerprint density at radius 2 is 1.88 bits per heavy atom. The smallest absolute Gasteiger partial charge is 0.355 e. The third-order valence-electron chi connectivity index (χ3n) is 4.13. The van der Waals surface area contributed by atoms with Crippen molar-refractivity contribution < 1.29 is 21.6 Å². The SMILES string of the molecule is O=S(=O)(Cc1ccccc1)NC1CCN(c2ccc(C(F)(F)F)cn2)C1. The molecule has 5 nitrogen and oxygen atoms in total. The van der Waals surface area contributed by atoms with Crippen LogP contribution in [0.25, 0.3) is 0 Å². The van der Waals surface area contributed by atoms with Crippen molar-refractivity contribution in [2.24, 2.45) is 0 Å². The van der Waals surface area contributed by atoms with Crippen molar-refractivity contribution in [3.63, 3.8) is 0 Å². The minimum atomic E-state index is -4.42. The van der Waals surface area contributed by atoms with E-state index in [9.17, 15) is 21.6 Å². The Morgan fingerprint density at radius 3 is 2.50 bits per heavy atom. The van der Waals surface area contributed by atoms with E-state index in [0.29, 0.717) is 30.9 Å². The molecule has 3 rings (SSSR count). The summed E-state index contributed by atoms with van der Waals surface area (Å²) in [7, 11) is -3.50. The molecule has 140 valence electrons. The molecule has 2 aromatic rings. The number of nitrogens with one attached hydrogen (secondary N) is 1. The molecule has 1 aromatic heterocycles. The van der Waals surface area contributed by atoms with Crippen molar-refractivity contribution in [2.75, 3.05) is 18.0 Å². The monoisotopic (exact) mass is 385 g/mol. The highest BCUT2D eigenvalue weighted by Gasteiger charge is 2.32. The Kier molecular flexibility index (Phi) is 5.19. The highest BCUT2D eigenvalue weighted by atomic mass is 32.2. The largest absolute Gasteiger partial charge is 0.417 e. The Hall–Kier alpha value is -2.13. The van der Waals surface area contributed by atoms with Crippen molar-refractivity contribution in [3.8, 4) is 0 Å². The normalized spacial score (nSPS) is 18.3. The van der Waals surface area contributed by atoms with Gasteiger partial charge in [0, 0.05) is 25.3 Å². The van der Waals surface area contributed by atoms with Crippen LogP contribution in [0.5, 0.6) is 0 Å². The third kappa shape index (κ3) is 4.73. The molecular weight excluding hydrogens is 367 g/mol. The quantitative estimate of drug-likeness (QED) is 0.860. The van der Waals surface area contributed by atoms with Gasteiger partial charge in [0.1, 0.15) is 5.82 Å². The van der Waals surface area contributed by atoms with Gasteiger partial charge in [0.25, 0.3) is 0 Å². The van der Waals surface area contributed by atoms with E-state index in [1.807, 2.05) is 6.07 Å². The molecule has 1 atom stereocenters. The van der Waals surface area contributed by atoms with Crippen LogP contribution >= 0.6 is 0 Å². The first-order valence-electron chi connectivity index (χ1n) is 8.05. The molecule has 0 spiro atoms. The fourth-order valence-electron chi connectivity index (χ4n) is 2.89. The lowest BCUT2D eigenvalue weighted by Crippen LogP contribution is -2.37. The summed E-state index contributed by atoms with van der Waals surface area (Å²) in [6, 6.07) is 10.8. The fourth-order valence-corrected chi connectivity index (χ4v) is 4.31. The maximum absolute atomic E-state index is 12.6. The molecule has 1 aromatic carbocycles. The maximum atomic E-state index is 12.6. The van der Waals surface area contributed by atoms with Crippen molar-refractivity contribution in [2.45, 2.75) is 24.4 Å². The number of benzene rings is 1. The van der Waals surface area contributed by atoms with Gasteiger partial charge in [-0.25, -0.2) is 18.1 Å². The second-order valence-electron chi connectivity index (χ2n) is 6.20. The van der Waals surface area contributed by atoms with E-state index in [0.717, 1.165) is 12.3 Å². The molecular formula is C17H18F3N3O2S. The highest BCUT2D eigenvalue weighted by Crippen LogP contribution is 2.30. The lowest BCUT2D eigenvalue weighted by Gasteiger charge is -2.18. The van der Waals surface area contributed by atoms with Crippen molar-refractivity contribution in [1.82, 2.24) is 9.71 Å². The number of alkyl halides is 3. The number of hydrogen-bond donors (Lipinski definition) is 1. The highest BCUT2D eigenvalue weighted by molar-refractivity contribution is 7.88. The molecule has 0 amide bonds. The van der Waals surface area contributed by atoms with Crippen LogP contribution < -0.4 is 9.62 Å². The van der Waals surface area contributed by atoms with E-state index in [4.69, 9.17) is 0 Å². The van der Waals surface area contributed by atoms with Gasteiger partial charge in [0.05, 0.1) is 11.3 Å². The third-order valence-corrected chi connectivity index (χ3v) is 5.54. The molecule has 26 heavy (non-hydrogen) atoms. The van der Waals surface area contributed by atoms with Gasteiger partial charge < -0.3 is 4.90 Å². The summed E-state index contributed by atoms with van der Waals surface area (Å²) < 4.78 is 65.0. The van der Waals surface area contributed by atoms with E-state index in [1.165, 1.54) is 6.07 Å². The van der Waals surface area contributed by atoms with Crippen LogP contribution in [0.1, 0.15) is 17.5 Å². The average molecular weight is 385 g/mol. The van der Waals surface area contributed by atoms with Gasteiger partial charge in [-0.1, -0.05) is 30.3 Å². The van der Waals surface area contributed by atoms with Crippen LogP contribution in [0.2, 0.25) is 0 Å². The van der Waals surface area contributed by atoms with E-state index < -0.39 is 21.8 Å². The zero-order chi connectivity index (χ0) is 18.8. The number of sulfonamides is 1. The van der Waals surface area contributed by atoms with E-state index in [2.05, 4.69) is 9.71 Å². The molecule has 1 saturated heterocycles. The number of aromatic nitrogens is 1. The predicted molar refractivity (Wildman–Crippen MR) is 92.1 cm³/mol. The Balaban J connectivity index is 1.60. The average Bonchev–Trinajstić information content (AvgIpc) is 3.02. The zero-order valence-corrected chi connectivity index (χ0v) is 14.6. The van der Waals surface area contributed by atoms with Crippen LogP contribution in [-0.2, 0) is 22.0 Å². The summed E-state index contributed by atoms with van der Waals surface area (Å²) in [4.78, 5) is 5.63. The number of rotatable bonds is 5. The molecule has 0 radical (unpaired) electrons. The molecule has 0 aliphatic carbocycles. The van der Waals surface area contributed by atoms with Crippen LogP contribution in [0.3, 0.4) is 0 Å². The molecule has 1 aliphatic heterocycles. The van der Waals surface area contributed by atoms with Crippen molar-refractivity contribution >= 4 is 15.8 Å². The Bertz CT molecular complexity index is 840. The summed E-state index contributed by atoms with van der Waals surface area (Å²) in [5, 5.41) is 0. The molecule has 1 aliphatic rings. The van der Waals surface area contributed by atoms with E-state index in [1.54, 1.807) is 29.2 Å². The number of nitrogens with zero attached hydrogens (tertiary/aromatic N) is 2.